The SMILES string of the molecule is [C-]#[N+]c1ccc(NS(=O)(=O)c2ccc(OCC)c(-c3nc4c(CCC)nn(C)c4c(=O)[nH]3)c2)cc1Cl. The van der Waals surface area contributed by atoms with Crippen LogP contribution < -0.4 is 15.0 Å². The number of nitrogens with zero attached hydrogens (tertiary/aromatic N) is 4. The first-order valence-electron chi connectivity index (χ1n) is 11.1. The first-order valence-corrected chi connectivity index (χ1v) is 13.0. The number of fused-ring (bicyclic) bond motifs is 1. The highest BCUT2D eigenvalue weighted by Gasteiger charge is 2.21. The number of aromatic nitrogens is 4. The Balaban J connectivity index is 1.83. The van der Waals surface area contributed by atoms with E-state index in [1.165, 1.54) is 41.1 Å². The number of nitrogens with one attached hydrogen (secondary N) is 2. The normalized spacial score (nSPS) is 11.4. The second-order valence-electron chi connectivity index (χ2n) is 7.91. The van der Waals surface area contributed by atoms with E-state index in [1.54, 1.807) is 14.0 Å². The van der Waals surface area contributed by atoms with Gasteiger partial charge in [-0.2, -0.15) is 5.10 Å². The minimum absolute atomic E-state index is 0.0750. The Kier molecular flexibility index (Phi) is 7.01. The molecule has 0 aliphatic heterocycles. The zero-order valence-electron chi connectivity index (χ0n) is 19.8. The monoisotopic (exact) mass is 526 g/mol. The summed E-state index contributed by atoms with van der Waals surface area (Å²) in [6.45, 7) is 11.2. The fraction of sp³-hybridized carbons (Fsp3) is 0.250. The molecule has 12 heteroatoms. The first kappa shape index (κ1) is 25.2. The highest BCUT2D eigenvalue weighted by Crippen LogP contribution is 2.33. The number of H-pyrrole nitrogens is 1. The molecule has 2 aromatic heterocycles. The largest absolute Gasteiger partial charge is 0.493 e. The van der Waals surface area contributed by atoms with Crippen LogP contribution in [0.1, 0.15) is 26.0 Å². The number of ether oxygens (including phenoxy) is 1. The summed E-state index contributed by atoms with van der Waals surface area (Å²) in [6, 6.07) is 8.56. The molecule has 0 bridgehead atoms. The molecule has 0 spiro atoms. The molecule has 0 radical (unpaired) electrons. The first-order chi connectivity index (χ1) is 17.2. The molecular formula is C24H23ClN6O4S. The molecule has 0 aliphatic rings. The van der Waals surface area contributed by atoms with Gasteiger partial charge in [0.2, 0.25) is 5.69 Å². The summed E-state index contributed by atoms with van der Waals surface area (Å²) in [5.74, 6) is 0.534. The Morgan fingerprint density at radius 1 is 1.22 bits per heavy atom. The fourth-order valence-corrected chi connectivity index (χ4v) is 5.10. The third-order valence-electron chi connectivity index (χ3n) is 5.39. The van der Waals surface area contributed by atoms with Gasteiger partial charge in [0.25, 0.3) is 15.6 Å². The van der Waals surface area contributed by atoms with E-state index in [9.17, 15) is 13.2 Å². The maximum absolute atomic E-state index is 13.2. The second kappa shape index (κ2) is 10.0. The van der Waals surface area contributed by atoms with Gasteiger partial charge in [-0.05, 0) is 43.7 Å². The maximum atomic E-state index is 13.2. The molecule has 2 N–H and O–H groups in total. The van der Waals surface area contributed by atoms with Crippen molar-refractivity contribution in [2.75, 3.05) is 11.3 Å². The molecule has 186 valence electrons. The van der Waals surface area contributed by atoms with E-state index in [0.717, 1.165) is 6.42 Å². The number of aromatic amines is 1. The van der Waals surface area contributed by atoms with Gasteiger partial charge in [0.05, 0.1) is 29.3 Å². The van der Waals surface area contributed by atoms with E-state index in [2.05, 4.69) is 24.6 Å². The minimum Gasteiger partial charge on any atom is -0.493 e. The van der Waals surface area contributed by atoms with E-state index in [4.69, 9.17) is 22.9 Å². The smallest absolute Gasteiger partial charge is 0.277 e. The van der Waals surface area contributed by atoms with Crippen molar-refractivity contribution in [2.24, 2.45) is 7.05 Å². The predicted molar refractivity (Wildman–Crippen MR) is 138 cm³/mol. The molecule has 0 saturated carbocycles. The lowest BCUT2D eigenvalue weighted by atomic mass is 10.1. The molecule has 36 heavy (non-hydrogen) atoms. The average molecular weight is 527 g/mol. The summed E-state index contributed by atoms with van der Waals surface area (Å²) in [7, 11) is -2.38. The van der Waals surface area contributed by atoms with Gasteiger partial charge < -0.3 is 9.72 Å². The van der Waals surface area contributed by atoms with E-state index in [1.807, 2.05) is 6.92 Å². The minimum atomic E-state index is -4.06. The molecule has 0 aliphatic carbocycles. The Bertz CT molecular complexity index is 1670. The van der Waals surface area contributed by atoms with Crippen molar-refractivity contribution >= 4 is 44.0 Å². The molecule has 10 nitrogen and oxygen atoms in total. The molecule has 0 fully saturated rings. The number of anilines is 1. The van der Waals surface area contributed by atoms with Crippen LogP contribution in [0.3, 0.4) is 0 Å². The lowest BCUT2D eigenvalue weighted by Gasteiger charge is -2.13. The molecular weight excluding hydrogens is 504 g/mol. The lowest BCUT2D eigenvalue weighted by Crippen LogP contribution is -2.15. The molecule has 0 atom stereocenters. The van der Waals surface area contributed by atoms with Crippen molar-refractivity contribution in [2.45, 2.75) is 31.6 Å². The number of halogens is 1. The van der Waals surface area contributed by atoms with Gasteiger partial charge in [-0.3, -0.25) is 14.2 Å². The van der Waals surface area contributed by atoms with Crippen molar-refractivity contribution in [3.05, 3.63) is 68.9 Å². The lowest BCUT2D eigenvalue weighted by molar-refractivity contribution is 0.341. The van der Waals surface area contributed by atoms with Gasteiger partial charge in [-0.25, -0.2) is 18.2 Å². The van der Waals surface area contributed by atoms with Crippen molar-refractivity contribution < 1.29 is 13.2 Å². The summed E-state index contributed by atoms with van der Waals surface area (Å²) in [5, 5.41) is 4.56. The molecule has 4 aromatic rings. The molecule has 2 aromatic carbocycles. The van der Waals surface area contributed by atoms with Crippen LogP contribution in [0.4, 0.5) is 11.4 Å². The number of aryl methyl sites for hydroxylation is 2. The van der Waals surface area contributed by atoms with Crippen LogP contribution in [0.2, 0.25) is 5.02 Å². The third-order valence-corrected chi connectivity index (χ3v) is 7.07. The molecule has 0 unspecified atom stereocenters. The molecule has 2 heterocycles. The van der Waals surface area contributed by atoms with Crippen molar-refractivity contribution in [3.63, 3.8) is 0 Å². The van der Waals surface area contributed by atoms with Crippen LogP contribution >= 0.6 is 11.6 Å². The molecule has 0 amide bonds. The van der Waals surface area contributed by atoms with E-state index in [-0.39, 0.29) is 27.1 Å². The number of sulfonamides is 1. The van der Waals surface area contributed by atoms with Gasteiger partial charge in [-0.1, -0.05) is 31.0 Å². The van der Waals surface area contributed by atoms with Gasteiger partial charge in [0.15, 0.2) is 5.52 Å². The number of hydrogen-bond acceptors (Lipinski definition) is 6. The third kappa shape index (κ3) is 4.78. The Hall–Kier alpha value is -3.88. The fourth-order valence-electron chi connectivity index (χ4n) is 3.80. The standard InChI is InChI=1S/C24H23ClN6O4S/c1-5-7-19-21-22(31(4)29-19)24(32)28-23(27-21)16-13-15(9-11-20(16)35-6-2)36(33,34)30-14-8-10-18(26-3)17(25)12-14/h8-13,30H,5-7H2,1-2,4H3,(H,27,28,32). The van der Waals surface area contributed by atoms with E-state index in [0.29, 0.717) is 41.1 Å². The summed E-state index contributed by atoms with van der Waals surface area (Å²) < 4.78 is 36.0. The number of hydrogen-bond donors (Lipinski definition) is 2. The second-order valence-corrected chi connectivity index (χ2v) is 10.00. The van der Waals surface area contributed by atoms with E-state index >= 15 is 0 Å². The Morgan fingerprint density at radius 2 is 2.00 bits per heavy atom. The van der Waals surface area contributed by atoms with Gasteiger partial charge in [0, 0.05) is 17.8 Å². The van der Waals surface area contributed by atoms with Crippen molar-refractivity contribution in [1.29, 1.82) is 0 Å². The number of rotatable bonds is 8. The van der Waals surface area contributed by atoms with Crippen molar-refractivity contribution in [3.8, 4) is 17.1 Å². The van der Waals surface area contributed by atoms with Crippen LogP contribution in [0, 0.1) is 6.57 Å². The summed E-state index contributed by atoms with van der Waals surface area (Å²) in [4.78, 5) is 23.5. The predicted octanol–water partition coefficient (Wildman–Crippen LogP) is 4.68. The van der Waals surface area contributed by atoms with Crippen LogP contribution in [0.25, 0.3) is 27.3 Å². The zero-order chi connectivity index (χ0) is 26.0. The summed E-state index contributed by atoms with van der Waals surface area (Å²) >= 11 is 6.05. The van der Waals surface area contributed by atoms with Crippen LogP contribution in [-0.2, 0) is 23.5 Å². The highest BCUT2D eigenvalue weighted by atomic mass is 35.5. The van der Waals surface area contributed by atoms with Gasteiger partial charge in [0.1, 0.15) is 17.1 Å². The average Bonchev–Trinajstić information content (AvgIpc) is 3.15. The Labute approximate surface area is 212 Å². The van der Waals surface area contributed by atoms with Crippen molar-refractivity contribution in [1.82, 2.24) is 19.7 Å². The quantitative estimate of drug-likeness (QED) is 0.321. The Morgan fingerprint density at radius 3 is 2.67 bits per heavy atom. The van der Waals surface area contributed by atoms with Gasteiger partial charge >= 0.3 is 0 Å². The topological polar surface area (TPSA) is 123 Å². The summed E-state index contributed by atoms with van der Waals surface area (Å²) in [5.41, 5.74) is 1.82. The highest BCUT2D eigenvalue weighted by molar-refractivity contribution is 7.92. The van der Waals surface area contributed by atoms with Gasteiger partial charge in [-0.15, -0.1) is 0 Å². The zero-order valence-corrected chi connectivity index (χ0v) is 21.4. The summed E-state index contributed by atoms with van der Waals surface area (Å²) in [6.07, 6.45) is 1.46. The number of benzene rings is 2. The van der Waals surface area contributed by atoms with E-state index < -0.39 is 15.6 Å². The van der Waals surface area contributed by atoms with Crippen LogP contribution in [0.15, 0.2) is 46.1 Å². The molecule has 0 saturated heterocycles. The van der Waals surface area contributed by atoms with Crippen LogP contribution in [0.5, 0.6) is 5.75 Å². The maximum Gasteiger partial charge on any atom is 0.277 e. The molecule has 4 rings (SSSR count). The van der Waals surface area contributed by atoms with Crippen LogP contribution in [-0.4, -0.2) is 34.8 Å².